The van der Waals surface area contributed by atoms with Crippen LogP contribution in [0.1, 0.15) is 45.1 Å². The number of rotatable bonds is 3. The van der Waals surface area contributed by atoms with Gasteiger partial charge in [0.1, 0.15) is 5.82 Å². The summed E-state index contributed by atoms with van der Waals surface area (Å²) < 4.78 is 13.0. The molecule has 0 bridgehead atoms. The van der Waals surface area contributed by atoms with Crippen LogP contribution in [-0.2, 0) is 5.60 Å². The van der Waals surface area contributed by atoms with Gasteiger partial charge in [0.25, 0.3) is 0 Å². The van der Waals surface area contributed by atoms with Crippen molar-refractivity contribution in [3.63, 3.8) is 0 Å². The van der Waals surface area contributed by atoms with Crippen molar-refractivity contribution in [3.8, 4) is 0 Å². The molecule has 2 rings (SSSR count). The normalized spacial score (nSPS) is 30.9. The van der Waals surface area contributed by atoms with E-state index in [1.807, 2.05) is 6.92 Å². The first-order valence-electron chi connectivity index (χ1n) is 7.10. The van der Waals surface area contributed by atoms with E-state index in [4.69, 9.17) is 5.73 Å². The lowest BCUT2D eigenvalue weighted by atomic mass is 9.60. The van der Waals surface area contributed by atoms with E-state index >= 15 is 0 Å². The fraction of sp³-hybridized carbons (Fsp3) is 0.625. The van der Waals surface area contributed by atoms with Gasteiger partial charge in [0.15, 0.2) is 0 Å². The van der Waals surface area contributed by atoms with Crippen molar-refractivity contribution in [1.82, 2.24) is 0 Å². The molecule has 2 nitrogen and oxygen atoms in total. The number of hydrogen-bond donors (Lipinski definition) is 2. The molecule has 1 aromatic rings. The van der Waals surface area contributed by atoms with Crippen LogP contribution in [0.3, 0.4) is 0 Å². The average Bonchev–Trinajstić information content (AvgIpc) is 2.40. The molecule has 19 heavy (non-hydrogen) atoms. The molecule has 1 fully saturated rings. The van der Waals surface area contributed by atoms with Crippen LogP contribution in [0.4, 0.5) is 4.39 Å². The van der Waals surface area contributed by atoms with Gasteiger partial charge in [-0.2, -0.15) is 0 Å². The first-order valence-corrected chi connectivity index (χ1v) is 7.10. The zero-order valence-corrected chi connectivity index (χ0v) is 11.8. The van der Waals surface area contributed by atoms with Crippen LogP contribution in [-0.4, -0.2) is 11.7 Å². The summed E-state index contributed by atoms with van der Waals surface area (Å²) in [5.74, 6) is 0.419. The first-order chi connectivity index (χ1) is 8.91. The highest BCUT2D eigenvalue weighted by atomic mass is 19.1. The molecule has 1 saturated carbocycles. The van der Waals surface area contributed by atoms with Crippen LogP contribution in [0.15, 0.2) is 24.3 Å². The van der Waals surface area contributed by atoms with Crippen LogP contribution < -0.4 is 5.73 Å². The van der Waals surface area contributed by atoms with Crippen LogP contribution in [0.2, 0.25) is 0 Å². The second kappa shape index (κ2) is 5.22. The second-order valence-corrected chi connectivity index (χ2v) is 6.25. The van der Waals surface area contributed by atoms with Crippen molar-refractivity contribution in [2.24, 2.45) is 17.1 Å². The van der Waals surface area contributed by atoms with Gasteiger partial charge in [0.2, 0.25) is 0 Å². The summed E-state index contributed by atoms with van der Waals surface area (Å²) in [4.78, 5) is 0. The number of hydrogen-bond acceptors (Lipinski definition) is 2. The lowest BCUT2D eigenvalue weighted by Crippen LogP contribution is -2.50. The molecular weight excluding hydrogens is 241 g/mol. The topological polar surface area (TPSA) is 46.2 Å². The summed E-state index contributed by atoms with van der Waals surface area (Å²) in [6.45, 7) is 4.53. The van der Waals surface area contributed by atoms with Crippen LogP contribution in [0.5, 0.6) is 0 Å². The monoisotopic (exact) mass is 265 g/mol. The van der Waals surface area contributed by atoms with E-state index in [1.54, 1.807) is 12.1 Å². The fourth-order valence-corrected chi connectivity index (χ4v) is 3.28. The minimum Gasteiger partial charge on any atom is -0.385 e. The molecule has 0 aromatic heterocycles. The zero-order chi connectivity index (χ0) is 14.1. The highest BCUT2D eigenvalue weighted by Crippen LogP contribution is 2.50. The van der Waals surface area contributed by atoms with Crippen molar-refractivity contribution in [3.05, 3.63) is 35.6 Å². The van der Waals surface area contributed by atoms with Gasteiger partial charge in [-0.15, -0.1) is 0 Å². The predicted octanol–water partition coefficient (Wildman–Crippen LogP) is 3.19. The minimum atomic E-state index is -1.00. The van der Waals surface area contributed by atoms with E-state index in [-0.39, 0.29) is 11.2 Å². The van der Waals surface area contributed by atoms with E-state index in [0.29, 0.717) is 12.5 Å². The number of nitrogens with two attached hydrogens (primary N) is 1. The smallest absolute Gasteiger partial charge is 0.123 e. The molecule has 0 saturated heterocycles. The number of halogens is 1. The average molecular weight is 265 g/mol. The van der Waals surface area contributed by atoms with Gasteiger partial charge < -0.3 is 10.8 Å². The lowest BCUT2D eigenvalue weighted by molar-refractivity contribution is -0.0970. The van der Waals surface area contributed by atoms with Gasteiger partial charge in [-0.05, 0) is 43.4 Å². The maximum atomic E-state index is 13.0. The predicted molar refractivity (Wildman–Crippen MR) is 75.1 cm³/mol. The molecule has 1 aliphatic carbocycles. The van der Waals surface area contributed by atoms with Crippen molar-refractivity contribution in [2.45, 2.75) is 45.1 Å². The minimum absolute atomic E-state index is 0.279. The van der Waals surface area contributed by atoms with Crippen molar-refractivity contribution in [1.29, 1.82) is 0 Å². The maximum Gasteiger partial charge on any atom is 0.123 e. The summed E-state index contributed by atoms with van der Waals surface area (Å²) in [5, 5.41) is 11.0. The fourth-order valence-electron chi connectivity index (χ4n) is 3.28. The van der Waals surface area contributed by atoms with Crippen LogP contribution in [0, 0.1) is 17.2 Å². The van der Waals surface area contributed by atoms with E-state index in [0.717, 1.165) is 31.2 Å². The van der Waals surface area contributed by atoms with Crippen molar-refractivity contribution >= 4 is 0 Å². The van der Waals surface area contributed by atoms with Crippen LogP contribution >= 0.6 is 0 Å². The zero-order valence-electron chi connectivity index (χ0n) is 11.8. The van der Waals surface area contributed by atoms with Crippen molar-refractivity contribution < 1.29 is 9.50 Å². The van der Waals surface area contributed by atoms with Gasteiger partial charge in [0, 0.05) is 12.0 Å². The Morgan fingerprint density at radius 3 is 2.32 bits per heavy atom. The quantitative estimate of drug-likeness (QED) is 0.881. The second-order valence-electron chi connectivity index (χ2n) is 6.25. The third kappa shape index (κ3) is 2.54. The molecule has 1 unspecified atom stereocenters. The van der Waals surface area contributed by atoms with Gasteiger partial charge in [-0.3, -0.25) is 0 Å². The first kappa shape index (κ1) is 14.5. The molecule has 0 aliphatic heterocycles. The standard InChI is InChI=1S/C16H24FNO/c1-12-7-9-16(11-18,10-8-12)15(2,19)13-3-5-14(17)6-4-13/h3-6,12,19H,7-11,18H2,1-2H3. The van der Waals surface area contributed by atoms with Crippen molar-refractivity contribution in [2.75, 3.05) is 6.54 Å². The van der Waals surface area contributed by atoms with Gasteiger partial charge >= 0.3 is 0 Å². The Labute approximate surface area is 114 Å². The number of aliphatic hydroxyl groups is 1. The molecule has 1 atom stereocenters. The Bertz CT molecular complexity index is 419. The summed E-state index contributed by atoms with van der Waals surface area (Å²) in [5.41, 5.74) is 5.46. The third-order valence-corrected chi connectivity index (χ3v) is 5.06. The summed E-state index contributed by atoms with van der Waals surface area (Å²) in [7, 11) is 0. The highest BCUT2D eigenvalue weighted by Gasteiger charge is 2.48. The maximum absolute atomic E-state index is 13.0. The molecule has 0 amide bonds. The molecule has 1 aliphatic rings. The molecule has 3 heteroatoms. The Balaban J connectivity index is 2.32. The Kier molecular flexibility index (Phi) is 3.98. The number of benzene rings is 1. The summed E-state index contributed by atoms with van der Waals surface area (Å²) >= 11 is 0. The molecule has 1 aromatic carbocycles. The highest BCUT2D eigenvalue weighted by molar-refractivity contribution is 5.26. The molecule has 106 valence electrons. The molecular formula is C16H24FNO. The van der Waals surface area contributed by atoms with Crippen LogP contribution in [0.25, 0.3) is 0 Å². The van der Waals surface area contributed by atoms with E-state index in [9.17, 15) is 9.50 Å². The largest absolute Gasteiger partial charge is 0.385 e. The van der Waals surface area contributed by atoms with Gasteiger partial charge in [0.05, 0.1) is 5.60 Å². The van der Waals surface area contributed by atoms with Gasteiger partial charge in [-0.25, -0.2) is 4.39 Å². The van der Waals surface area contributed by atoms with E-state index in [1.165, 1.54) is 12.1 Å². The molecule has 0 spiro atoms. The van der Waals surface area contributed by atoms with Gasteiger partial charge in [-0.1, -0.05) is 31.9 Å². The summed E-state index contributed by atoms with van der Waals surface area (Å²) in [6.07, 6.45) is 4.03. The SMILES string of the molecule is CC1CCC(CN)(C(C)(O)c2ccc(F)cc2)CC1. The Morgan fingerprint density at radius 1 is 1.32 bits per heavy atom. The Hall–Kier alpha value is -0.930. The lowest BCUT2D eigenvalue weighted by Gasteiger charge is -2.49. The molecule has 3 N–H and O–H groups in total. The van der Waals surface area contributed by atoms with E-state index in [2.05, 4.69) is 6.92 Å². The molecule has 0 heterocycles. The molecule has 0 radical (unpaired) electrons. The van der Waals surface area contributed by atoms with E-state index < -0.39 is 5.60 Å². The Morgan fingerprint density at radius 2 is 1.84 bits per heavy atom. The summed E-state index contributed by atoms with van der Waals surface area (Å²) in [6, 6.07) is 6.15. The third-order valence-electron chi connectivity index (χ3n) is 5.06.